The summed E-state index contributed by atoms with van der Waals surface area (Å²) in [6, 6.07) is 4.51. The molecule has 0 saturated heterocycles. The molecule has 0 unspecified atom stereocenters. The molecule has 0 spiro atoms. The predicted octanol–water partition coefficient (Wildman–Crippen LogP) is 4.82. The van der Waals surface area contributed by atoms with Crippen LogP contribution in [0, 0.1) is 0 Å². The zero-order valence-electron chi connectivity index (χ0n) is 18.2. The number of pyridine rings is 2. The maximum absolute atomic E-state index is 13.5. The highest BCUT2D eigenvalue weighted by atomic mass is 35.5. The molecule has 0 saturated carbocycles. The minimum Gasteiger partial charge on any atom is -0.383 e. The lowest BCUT2D eigenvalue weighted by molar-refractivity contribution is -0.137. The van der Waals surface area contributed by atoms with E-state index in [0.29, 0.717) is 41.2 Å². The highest BCUT2D eigenvalue weighted by molar-refractivity contribution is 6.33. The van der Waals surface area contributed by atoms with Gasteiger partial charge in [-0.15, -0.1) is 0 Å². The van der Waals surface area contributed by atoms with Crippen molar-refractivity contribution in [2.45, 2.75) is 38.5 Å². The molecule has 4 heterocycles. The fraction of sp³-hybridized carbons (Fsp3) is 0.348. The Hall–Kier alpha value is -2.95. The van der Waals surface area contributed by atoms with Crippen LogP contribution >= 0.6 is 11.6 Å². The number of fused-ring (bicyclic) bond motifs is 4. The highest BCUT2D eigenvalue weighted by Crippen LogP contribution is 2.40. The quantitative estimate of drug-likeness (QED) is 0.516. The third-order valence-electron chi connectivity index (χ3n) is 6.41. The Bertz CT molecular complexity index is 1330. The van der Waals surface area contributed by atoms with Crippen LogP contribution in [0.2, 0.25) is 5.15 Å². The highest BCUT2D eigenvalue weighted by Gasteiger charge is 2.36. The Morgan fingerprint density at radius 2 is 1.91 bits per heavy atom. The number of hydrogen-bond donors (Lipinski definition) is 1. The topological polar surface area (TPSA) is 90.6 Å². The van der Waals surface area contributed by atoms with E-state index < -0.39 is 29.8 Å². The van der Waals surface area contributed by atoms with Crippen molar-refractivity contribution < 1.29 is 27.4 Å². The monoisotopic (exact) mass is 492 g/mol. The van der Waals surface area contributed by atoms with Gasteiger partial charge in [0.25, 0.3) is 5.91 Å². The molecule has 7 nitrogen and oxygen atoms in total. The van der Waals surface area contributed by atoms with Gasteiger partial charge < -0.3 is 20.1 Å². The summed E-state index contributed by atoms with van der Waals surface area (Å²) in [5, 5.41) is 0.569. The Balaban J connectivity index is 1.53. The van der Waals surface area contributed by atoms with E-state index in [9.17, 15) is 18.0 Å². The van der Waals surface area contributed by atoms with Crippen LogP contribution in [0.1, 0.15) is 57.2 Å². The lowest BCUT2D eigenvalue weighted by Gasteiger charge is -2.36. The second kappa shape index (κ2) is 8.07. The van der Waals surface area contributed by atoms with Crippen LogP contribution in [0.3, 0.4) is 0 Å². The van der Waals surface area contributed by atoms with E-state index in [2.05, 4.69) is 9.97 Å². The average molecular weight is 493 g/mol. The van der Waals surface area contributed by atoms with Crippen molar-refractivity contribution in [2.75, 3.05) is 19.4 Å². The fourth-order valence-corrected chi connectivity index (χ4v) is 4.71. The number of likely N-dealkylation sites (N-methyl/N-ethyl adjacent to an activating group) is 1. The minimum absolute atomic E-state index is 0.0483. The molecule has 2 aliphatic rings. The molecule has 3 aromatic rings. The van der Waals surface area contributed by atoms with Crippen molar-refractivity contribution in [3.63, 3.8) is 0 Å². The summed E-state index contributed by atoms with van der Waals surface area (Å²) < 4.78 is 50.9. The van der Waals surface area contributed by atoms with Crippen molar-refractivity contribution in [3.8, 4) is 0 Å². The molecule has 2 atom stereocenters. The summed E-state index contributed by atoms with van der Waals surface area (Å²) >= 11 is 6.35. The second-order valence-electron chi connectivity index (χ2n) is 8.39. The molecular weight excluding hydrogens is 473 g/mol. The van der Waals surface area contributed by atoms with Gasteiger partial charge in [0.1, 0.15) is 11.0 Å². The number of nitrogens with two attached hydrogens (primary N) is 1. The largest absolute Gasteiger partial charge is 0.416 e. The molecule has 2 aromatic heterocycles. The van der Waals surface area contributed by atoms with Crippen LogP contribution in [0.25, 0.3) is 11.0 Å². The molecule has 1 aromatic carbocycles. The van der Waals surface area contributed by atoms with E-state index in [-0.39, 0.29) is 17.3 Å². The number of nitrogen functional groups attached to an aromatic ring is 1. The molecule has 0 radical (unpaired) electrons. The molecule has 1 amide bonds. The van der Waals surface area contributed by atoms with E-state index in [1.165, 1.54) is 11.0 Å². The summed E-state index contributed by atoms with van der Waals surface area (Å²) in [4.78, 5) is 23.4. The summed E-state index contributed by atoms with van der Waals surface area (Å²) in [7, 11) is 1.56. The predicted molar refractivity (Wildman–Crippen MR) is 118 cm³/mol. The number of amides is 1. The van der Waals surface area contributed by atoms with Gasteiger partial charge in [-0.05, 0) is 41.8 Å². The summed E-state index contributed by atoms with van der Waals surface area (Å²) in [6.45, 7) is 2.45. The number of carbonyl (C=O) groups is 1. The molecule has 0 bridgehead atoms. The molecule has 0 fully saturated rings. The van der Waals surface area contributed by atoms with E-state index in [4.69, 9.17) is 26.8 Å². The molecule has 34 heavy (non-hydrogen) atoms. The summed E-state index contributed by atoms with van der Waals surface area (Å²) in [5.41, 5.74) is 8.23. The first-order valence-electron chi connectivity index (χ1n) is 10.5. The van der Waals surface area contributed by atoms with Gasteiger partial charge in [-0.2, -0.15) is 13.2 Å². The molecule has 11 heteroatoms. The number of benzene rings is 1. The molecule has 2 aliphatic heterocycles. The summed E-state index contributed by atoms with van der Waals surface area (Å²) in [5.74, 6) is -0.138. The van der Waals surface area contributed by atoms with E-state index in [1.807, 2.05) is 0 Å². The number of aromatic nitrogens is 2. The standard InChI is InChI=1S/C23H20ClF3N4O3/c1-10-13-5-11(23(25,26)27)3-4-12(13)18(9-34-10)31(2)22(32)15-6-14-16-7-33-8-17(16)20(28)30-21(14)29-19(15)24/h3-6,10,18H,7-9H2,1-2H3,(H2,28,29,30)/t10-,18-/m1/s1. The lowest BCUT2D eigenvalue weighted by atomic mass is 9.91. The Labute approximate surface area is 197 Å². The first kappa shape index (κ1) is 22.8. The van der Waals surface area contributed by atoms with Crippen LogP contribution in [0.15, 0.2) is 24.3 Å². The van der Waals surface area contributed by atoms with Crippen LogP contribution in [0.5, 0.6) is 0 Å². The van der Waals surface area contributed by atoms with Gasteiger partial charge in [0.05, 0.1) is 43.1 Å². The first-order chi connectivity index (χ1) is 16.1. The van der Waals surface area contributed by atoms with Gasteiger partial charge in [-0.25, -0.2) is 9.97 Å². The van der Waals surface area contributed by atoms with Gasteiger partial charge in [0.2, 0.25) is 0 Å². The van der Waals surface area contributed by atoms with Crippen molar-refractivity contribution in [3.05, 3.63) is 62.8 Å². The van der Waals surface area contributed by atoms with Gasteiger partial charge in [-0.3, -0.25) is 4.79 Å². The number of hydrogen-bond acceptors (Lipinski definition) is 6. The number of nitrogens with zero attached hydrogens (tertiary/aromatic N) is 3. The lowest BCUT2D eigenvalue weighted by Crippen LogP contribution is -2.37. The van der Waals surface area contributed by atoms with Crippen molar-refractivity contribution in [2.24, 2.45) is 0 Å². The Kier molecular flexibility index (Phi) is 5.42. The van der Waals surface area contributed by atoms with Gasteiger partial charge in [-0.1, -0.05) is 17.7 Å². The number of alkyl halides is 3. The van der Waals surface area contributed by atoms with Crippen LogP contribution in [-0.2, 0) is 28.9 Å². The number of rotatable bonds is 2. The third kappa shape index (κ3) is 3.66. The number of halogens is 4. The molecule has 5 rings (SSSR count). The van der Waals surface area contributed by atoms with Crippen LogP contribution < -0.4 is 5.73 Å². The molecule has 178 valence electrons. The molecule has 0 aliphatic carbocycles. The van der Waals surface area contributed by atoms with Crippen molar-refractivity contribution in [1.29, 1.82) is 0 Å². The van der Waals surface area contributed by atoms with Gasteiger partial charge in [0.15, 0.2) is 5.65 Å². The SMILES string of the molecule is C[C@H]1OC[C@@H](N(C)C(=O)c2cc3c4c(c(N)nc3nc2Cl)COC4)c2ccc(C(F)(F)F)cc21. The fourth-order valence-electron chi connectivity index (χ4n) is 4.49. The Morgan fingerprint density at radius 1 is 1.18 bits per heavy atom. The maximum atomic E-state index is 13.5. The normalized spacial score (nSPS) is 19.7. The minimum atomic E-state index is -4.48. The number of anilines is 1. The molecular formula is C23H20ClF3N4O3. The second-order valence-corrected chi connectivity index (χ2v) is 8.75. The zero-order valence-corrected chi connectivity index (χ0v) is 19.0. The van der Waals surface area contributed by atoms with Crippen molar-refractivity contribution in [1.82, 2.24) is 14.9 Å². The van der Waals surface area contributed by atoms with E-state index >= 15 is 0 Å². The van der Waals surface area contributed by atoms with E-state index in [1.54, 1.807) is 20.0 Å². The van der Waals surface area contributed by atoms with Gasteiger partial charge in [0, 0.05) is 18.0 Å². The average Bonchev–Trinajstić information content (AvgIpc) is 3.28. The van der Waals surface area contributed by atoms with Crippen LogP contribution in [0.4, 0.5) is 19.0 Å². The number of carbonyl (C=O) groups excluding carboxylic acids is 1. The smallest absolute Gasteiger partial charge is 0.383 e. The summed E-state index contributed by atoms with van der Waals surface area (Å²) in [6.07, 6.45) is -5.02. The van der Waals surface area contributed by atoms with Gasteiger partial charge >= 0.3 is 6.18 Å². The zero-order chi connectivity index (χ0) is 24.4. The van der Waals surface area contributed by atoms with Crippen LogP contribution in [-0.4, -0.2) is 34.4 Å². The first-order valence-corrected chi connectivity index (χ1v) is 10.9. The number of ether oxygens (including phenoxy) is 2. The Morgan fingerprint density at radius 3 is 2.65 bits per heavy atom. The van der Waals surface area contributed by atoms with E-state index in [0.717, 1.165) is 23.3 Å². The maximum Gasteiger partial charge on any atom is 0.416 e. The van der Waals surface area contributed by atoms with Crippen molar-refractivity contribution >= 4 is 34.4 Å². The molecule has 2 N–H and O–H groups in total. The third-order valence-corrected chi connectivity index (χ3v) is 6.70.